The second-order valence-electron chi connectivity index (χ2n) is 9.12. The molecule has 1 saturated carbocycles. The van der Waals surface area contributed by atoms with Crippen LogP contribution in [-0.4, -0.2) is 44.6 Å². The van der Waals surface area contributed by atoms with Crippen LogP contribution in [0.4, 0.5) is 10.1 Å². The largest absolute Gasteiger partial charge is 0.348 e. The summed E-state index contributed by atoms with van der Waals surface area (Å²) in [7, 11) is 0. The molecule has 5 rings (SSSR count). The number of halogens is 1. The van der Waals surface area contributed by atoms with E-state index in [-0.39, 0.29) is 29.3 Å². The van der Waals surface area contributed by atoms with Crippen molar-refractivity contribution in [3.05, 3.63) is 64.6 Å². The second kappa shape index (κ2) is 8.89. The fraction of sp³-hybridized carbons (Fsp3) is 0.360. The lowest BCUT2D eigenvalue weighted by Crippen LogP contribution is -2.30. The number of H-pyrrole nitrogens is 1. The van der Waals surface area contributed by atoms with Crippen LogP contribution in [0.15, 0.2) is 47.3 Å². The maximum absolute atomic E-state index is 15.2. The molecule has 0 spiro atoms. The zero-order valence-corrected chi connectivity index (χ0v) is 18.9. The van der Waals surface area contributed by atoms with Gasteiger partial charge in [-0.3, -0.25) is 9.59 Å². The highest BCUT2D eigenvalue weighted by Crippen LogP contribution is 2.33. The molecule has 176 valence electrons. The van der Waals surface area contributed by atoms with Crippen molar-refractivity contribution in [2.24, 2.45) is 11.8 Å². The Morgan fingerprint density at radius 1 is 1.12 bits per heavy atom. The summed E-state index contributed by atoms with van der Waals surface area (Å²) >= 11 is 0. The van der Waals surface area contributed by atoms with Gasteiger partial charge in [-0.25, -0.2) is 18.9 Å². The number of aromatic amines is 1. The van der Waals surface area contributed by atoms with Crippen LogP contribution in [0.25, 0.3) is 16.8 Å². The minimum Gasteiger partial charge on any atom is -0.342 e. The fourth-order valence-corrected chi connectivity index (χ4v) is 4.58. The Balaban J connectivity index is 1.34. The molecule has 34 heavy (non-hydrogen) atoms. The predicted octanol–water partition coefficient (Wildman–Crippen LogP) is 3.13. The Bertz CT molecular complexity index is 1290. The number of anilines is 1. The van der Waals surface area contributed by atoms with E-state index >= 15 is 4.39 Å². The summed E-state index contributed by atoms with van der Waals surface area (Å²) in [5.74, 6) is 0.364. The monoisotopic (exact) mass is 463 g/mol. The van der Waals surface area contributed by atoms with E-state index in [0.717, 1.165) is 31.4 Å². The first kappa shape index (κ1) is 22.1. The number of benzene rings is 2. The standard InChI is InChI=1S/C25H26FN5O3/c1-15(32)27-20-7-4-17(5-8-20)19-6-9-22(21(26)13-19)31-23(28-29-25(31)34)12-16-10-11-30(14-16)24(33)18-2-3-18/h4-9,13,16,18H,2-3,10-12,14H2,1H3,(H,27,32)(H,29,34). The van der Waals surface area contributed by atoms with Gasteiger partial charge in [0.1, 0.15) is 11.6 Å². The minimum atomic E-state index is -0.537. The molecule has 1 saturated heterocycles. The smallest absolute Gasteiger partial charge is 0.342 e. The lowest BCUT2D eigenvalue weighted by Gasteiger charge is -2.16. The number of rotatable bonds is 6. The van der Waals surface area contributed by atoms with Crippen molar-refractivity contribution < 1.29 is 14.0 Å². The maximum Gasteiger partial charge on any atom is 0.348 e. The second-order valence-corrected chi connectivity index (χ2v) is 9.12. The van der Waals surface area contributed by atoms with Gasteiger partial charge in [0.15, 0.2) is 0 Å². The van der Waals surface area contributed by atoms with E-state index < -0.39 is 11.5 Å². The van der Waals surface area contributed by atoms with E-state index in [0.29, 0.717) is 30.0 Å². The maximum atomic E-state index is 15.2. The van der Waals surface area contributed by atoms with Gasteiger partial charge in [-0.2, -0.15) is 5.10 Å². The first-order valence-electron chi connectivity index (χ1n) is 11.5. The first-order valence-corrected chi connectivity index (χ1v) is 11.5. The van der Waals surface area contributed by atoms with Crippen LogP contribution in [0.2, 0.25) is 0 Å². The highest BCUT2D eigenvalue weighted by Gasteiger charge is 2.37. The summed E-state index contributed by atoms with van der Waals surface area (Å²) in [5.41, 5.74) is 1.73. The fourth-order valence-electron chi connectivity index (χ4n) is 4.58. The van der Waals surface area contributed by atoms with Gasteiger partial charge >= 0.3 is 5.69 Å². The SMILES string of the molecule is CC(=O)Nc1ccc(-c2ccc(-n3c(CC4CCN(C(=O)C5CC5)C4)n[nH]c3=O)c(F)c2)cc1. The molecule has 3 aromatic rings. The van der Waals surface area contributed by atoms with E-state index in [1.165, 1.54) is 17.6 Å². The number of aromatic nitrogens is 3. The summed E-state index contributed by atoms with van der Waals surface area (Å²) in [4.78, 5) is 37.9. The molecule has 0 radical (unpaired) electrons. The van der Waals surface area contributed by atoms with Crippen LogP contribution in [0.3, 0.4) is 0 Å². The third kappa shape index (κ3) is 4.50. The van der Waals surface area contributed by atoms with Crippen molar-refractivity contribution in [3.63, 3.8) is 0 Å². The van der Waals surface area contributed by atoms with Gasteiger partial charge in [-0.1, -0.05) is 18.2 Å². The van der Waals surface area contributed by atoms with Crippen LogP contribution in [0.1, 0.15) is 32.0 Å². The normalized spacial score (nSPS) is 17.7. The summed E-state index contributed by atoms with van der Waals surface area (Å²) < 4.78 is 16.5. The van der Waals surface area contributed by atoms with Crippen molar-refractivity contribution in [1.29, 1.82) is 0 Å². The molecule has 0 bridgehead atoms. The molecule has 2 N–H and O–H groups in total. The Labute approximate surface area is 195 Å². The Kier molecular flexibility index (Phi) is 5.77. The molecule has 1 atom stereocenters. The number of hydrogen-bond donors (Lipinski definition) is 2. The topological polar surface area (TPSA) is 100 Å². The number of nitrogens with one attached hydrogen (secondary N) is 2. The highest BCUT2D eigenvalue weighted by molar-refractivity contribution is 5.89. The quantitative estimate of drug-likeness (QED) is 0.587. The van der Waals surface area contributed by atoms with Gasteiger partial charge in [0.05, 0.1) is 5.69 Å². The van der Waals surface area contributed by atoms with Crippen LogP contribution >= 0.6 is 0 Å². The van der Waals surface area contributed by atoms with Gasteiger partial charge in [0, 0.05) is 38.0 Å². The van der Waals surface area contributed by atoms with Gasteiger partial charge in [0.25, 0.3) is 0 Å². The molecular weight excluding hydrogens is 437 g/mol. The highest BCUT2D eigenvalue weighted by atomic mass is 19.1. The molecular formula is C25H26FN5O3. The average molecular weight is 464 g/mol. The molecule has 8 nitrogen and oxygen atoms in total. The first-order chi connectivity index (χ1) is 16.4. The van der Waals surface area contributed by atoms with Gasteiger partial charge in [-0.15, -0.1) is 0 Å². The van der Waals surface area contributed by atoms with E-state index in [9.17, 15) is 14.4 Å². The Morgan fingerprint density at radius 2 is 1.85 bits per heavy atom. The lowest BCUT2D eigenvalue weighted by molar-refractivity contribution is -0.131. The number of carbonyl (C=O) groups excluding carboxylic acids is 2. The van der Waals surface area contributed by atoms with Crippen molar-refractivity contribution in [2.75, 3.05) is 18.4 Å². The molecule has 1 unspecified atom stereocenters. The van der Waals surface area contributed by atoms with Crippen LogP contribution in [0.5, 0.6) is 0 Å². The lowest BCUT2D eigenvalue weighted by atomic mass is 10.0. The summed E-state index contributed by atoms with van der Waals surface area (Å²) in [6.45, 7) is 2.80. The molecule has 2 amide bonds. The molecule has 1 aromatic heterocycles. The zero-order valence-electron chi connectivity index (χ0n) is 18.9. The van der Waals surface area contributed by atoms with E-state index in [1.807, 2.05) is 4.90 Å². The number of nitrogens with zero attached hydrogens (tertiary/aromatic N) is 3. The molecule has 1 aliphatic heterocycles. The van der Waals surface area contributed by atoms with Crippen LogP contribution in [-0.2, 0) is 16.0 Å². The zero-order chi connectivity index (χ0) is 23.8. The average Bonchev–Trinajstić information content (AvgIpc) is 3.46. The van der Waals surface area contributed by atoms with Gasteiger partial charge in [0.2, 0.25) is 11.8 Å². The number of likely N-dealkylation sites (tertiary alicyclic amines) is 1. The van der Waals surface area contributed by atoms with Crippen LogP contribution in [0, 0.1) is 17.7 Å². The van der Waals surface area contributed by atoms with Crippen molar-refractivity contribution in [2.45, 2.75) is 32.6 Å². The van der Waals surface area contributed by atoms with Crippen LogP contribution < -0.4 is 11.0 Å². The van der Waals surface area contributed by atoms with Gasteiger partial charge in [-0.05, 0) is 60.6 Å². The van der Waals surface area contributed by atoms with Crippen molar-refractivity contribution >= 4 is 17.5 Å². The molecule has 9 heteroatoms. The summed E-state index contributed by atoms with van der Waals surface area (Å²) in [5, 5.41) is 9.29. The summed E-state index contributed by atoms with van der Waals surface area (Å²) in [6, 6.07) is 11.8. The predicted molar refractivity (Wildman–Crippen MR) is 125 cm³/mol. The van der Waals surface area contributed by atoms with E-state index in [2.05, 4.69) is 15.5 Å². The van der Waals surface area contributed by atoms with E-state index in [1.54, 1.807) is 36.4 Å². The third-order valence-corrected chi connectivity index (χ3v) is 6.46. The molecule has 2 heterocycles. The van der Waals surface area contributed by atoms with E-state index in [4.69, 9.17) is 0 Å². The summed E-state index contributed by atoms with van der Waals surface area (Å²) in [6.07, 6.45) is 3.29. The number of carbonyl (C=O) groups is 2. The van der Waals surface area contributed by atoms with Crippen molar-refractivity contribution in [3.8, 4) is 16.8 Å². The molecule has 2 fully saturated rings. The molecule has 1 aliphatic carbocycles. The Morgan fingerprint density at radius 3 is 2.53 bits per heavy atom. The molecule has 2 aliphatic rings. The minimum absolute atomic E-state index is 0.135. The number of hydrogen-bond acceptors (Lipinski definition) is 4. The third-order valence-electron chi connectivity index (χ3n) is 6.46. The molecule has 2 aromatic carbocycles. The van der Waals surface area contributed by atoms with Gasteiger partial charge < -0.3 is 10.2 Å². The number of amides is 2. The van der Waals surface area contributed by atoms with Crippen molar-refractivity contribution in [1.82, 2.24) is 19.7 Å². The Hall–Kier alpha value is -3.75.